The van der Waals surface area contributed by atoms with Gasteiger partial charge in [-0.15, -0.1) is 0 Å². The van der Waals surface area contributed by atoms with Crippen LogP contribution in [0.2, 0.25) is 0 Å². The summed E-state index contributed by atoms with van der Waals surface area (Å²) in [4.78, 5) is 15.9. The molecule has 2 aromatic rings. The molecule has 19 heavy (non-hydrogen) atoms. The number of fused-ring (bicyclic) bond motifs is 1. The Kier molecular flexibility index (Phi) is 3.27. The SMILES string of the molecule is C[C@H]1CCCC[C@@H]1n1c(=S)[nH]c2ccccc2c1=O. The second-order valence-corrected chi connectivity index (χ2v) is 5.87. The summed E-state index contributed by atoms with van der Waals surface area (Å²) in [5, 5.41) is 0.730. The van der Waals surface area contributed by atoms with Crippen molar-refractivity contribution >= 4 is 23.1 Å². The van der Waals surface area contributed by atoms with Crippen molar-refractivity contribution in [2.75, 3.05) is 0 Å². The lowest BCUT2D eigenvalue weighted by Gasteiger charge is -2.30. The number of H-pyrrole nitrogens is 1. The van der Waals surface area contributed by atoms with Crippen molar-refractivity contribution in [3.05, 3.63) is 39.4 Å². The molecule has 1 fully saturated rings. The highest BCUT2D eigenvalue weighted by Crippen LogP contribution is 2.32. The van der Waals surface area contributed by atoms with Gasteiger partial charge < -0.3 is 4.98 Å². The van der Waals surface area contributed by atoms with E-state index in [9.17, 15) is 4.79 Å². The third-order valence-corrected chi connectivity index (χ3v) is 4.53. The zero-order valence-corrected chi connectivity index (χ0v) is 11.9. The van der Waals surface area contributed by atoms with E-state index < -0.39 is 0 Å². The Morgan fingerprint density at radius 3 is 2.79 bits per heavy atom. The Labute approximate surface area is 117 Å². The average molecular weight is 274 g/mol. The molecular weight excluding hydrogens is 256 g/mol. The van der Waals surface area contributed by atoms with Crippen LogP contribution in [0.5, 0.6) is 0 Å². The molecule has 3 nitrogen and oxygen atoms in total. The fraction of sp³-hybridized carbons (Fsp3) is 0.467. The van der Waals surface area contributed by atoms with E-state index in [4.69, 9.17) is 12.2 Å². The van der Waals surface area contributed by atoms with Crippen LogP contribution in [0.1, 0.15) is 38.6 Å². The molecular formula is C15H18N2OS. The van der Waals surface area contributed by atoms with Crippen molar-refractivity contribution in [3.63, 3.8) is 0 Å². The van der Waals surface area contributed by atoms with Crippen LogP contribution >= 0.6 is 12.2 Å². The van der Waals surface area contributed by atoms with E-state index in [-0.39, 0.29) is 11.6 Å². The maximum atomic E-state index is 12.7. The summed E-state index contributed by atoms with van der Waals surface area (Å²) in [7, 11) is 0. The summed E-state index contributed by atoms with van der Waals surface area (Å²) in [6.07, 6.45) is 4.68. The average Bonchev–Trinajstić information content (AvgIpc) is 2.41. The third-order valence-electron chi connectivity index (χ3n) is 4.23. The van der Waals surface area contributed by atoms with Crippen LogP contribution in [-0.2, 0) is 0 Å². The summed E-state index contributed by atoms with van der Waals surface area (Å²) in [5.74, 6) is 0.516. The van der Waals surface area contributed by atoms with Gasteiger partial charge in [0.1, 0.15) is 0 Å². The molecule has 1 aliphatic carbocycles. The van der Waals surface area contributed by atoms with Gasteiger partial charge in [0.05, 0.1) is 10.9 Å². The minimum absolute atomic E-state index is 0.0538. The van der Waals surface area contributed by atoms with Gasteiger partial charge in [-0.05, 0) is 43.1 Å². The number of aromatic amines is 1. The van der Waals surface area contributed by atoms with Crippen LogP contribution < -0.4 is 5.56 Å². The topological polar surface area (TPSA) is 37.8 Å². The zero-order valence-electron chi connectivity index (χ0n) is 11.1. The van der Waals surface area contributed by atoms with Gasteiger partial charge >= 0.3 is 0 Å². The van der Waals surface area contributed by atoms with Gasteiger partial charge in [0.2, 0.25) is 0 Å². The highest BCUT2D eigenvalue weighted by atomic mass is 32.1. The van der Waals surface area contributed by atoms with Crippen LogP contribution in [0.4, 0.5) is 0 Å². The van der Waals surface area contributed by atoms with Crippen LogP contribution in [0.3, 0.4) is 0 Å². The summed E-state index contributed by atoms with van der Waals surface area (Å²) in [5.41, 5.74) is 0.885. The molecule has 1 aromatic heterocycles. The summed E-state index contributed by atoms with van der Waals surface area (Å²) in [6, 6.07) is 7.83. The molecule has 0 bridgehead atoms. The normalized spacial score (nSPS) is 23.6. The Balaban J connectivity index is 2.23. The van der Waals surface area contributed by atoms with E-state index in [1.807, 2.05) is 28.8 Å². The molecule has 0 radical (unpaired) electrons. The number of para-hydroxylation sites is 1. The maximum Gasteiger partial charge on any atom is 0.262 e. The van der Waals surface area contributed by atoms with Gasteiger partial charge in [-0.2, -0.15) is 0 Å². The first-order chi connectivity index (χ1) is 9.18. The van der Waals surface area contributed by atoms with Gasteiger partial charge in [-0.3, -0.25) is 9.36 Å². The van der Waals surface area contributed by atoms with E-state index in [2.05, 4.69) is 11.9 Å². The number of nitrogens with zero attached hydrogens (tertiary/aromatic N) is 1. The Hall–Kier alpha value is -1.42. The van der Waals surface area contributed by atoms with Gasteiger partial charge in [0.25, 0.3) is 5.56 Å². The highest BCUT2D eigenvalue weighted by Gasteiger charge is 2.25. The van der Waals surface area contributed by atoms with E-state index >= 15 is 0 Å². The van der Waals surface area contributed by atoms with Crippen molar-refractivity contribution < 1.29 is 0 Å². The largest absolute Gasteiger partial charge is 0.332 e. The van der Waals surface area contributed by atoms with Crippen LogP contribution in [0, 0.1) is 10.7 Å². The summed E-state index contributed by atoms with van der Waals surface area (Å²) < 4.78 is 2.36. The monoisotopic (exact) mass is 274 g/mol. The quantitative estimate of drug-likeness (QED) is 0.803. The number of rotatable bonds is 1. The molecule has 1 aromatic carbocycles. The molecule has 0 amide bonds. The Morgan fingerprint density at radius 2 is 2.00 bits per heavy atom. The maximum absolute atomic E-state index is 12.7. The number of aromatic nitrogens is 2. The fourth-order valence-corrected chi connectivity index (χ4v) is 3.49. The molecule has 1 N–H and O–H groups in total. The van der Waals surface area contributed by atoms with Crippen LogP contribution in [0.25, 0.3) is 10.9 Å². The standard InChI is InChI=1S/C15H18N2OS/c1-10-6-2-5-9-13(10)17-14(18)11-7-3-4-8-12(11)16-15(17)19/h3-4,7-8,10,13H,2,5-6,9H2,1H3,(H,16,19)/t10-,13-/m0/s1. The molecule has 3 rings (SSSR count). The second kappa shape index (κ2) is 4.93. The van der Waals surface area contributed by atoms with Gasteiger partial charge in [-0.25, -0.2) is 0 Å². The zero-order chi connectivity index (χ0) is 13.4. The number of hydrogen-bond acceptors (Lipinski definition) is 2. The molecule has 0 saturated heterocycles. The van der Waals surface area contributed by atoms with E-state index in [0.29, 0.717) is 10.7 Å². The lowest BCUT2D eigenvalue weighted by atomic mass is 9.86. The molecule has 1 aliphatic rings. The number of nitrogens with one attached hydrogen (secondary N) is 1. The molecule has 4 heteroatoms. The van der Waals surface area contributed by atoms with E-state index in [1.165, 1.54) is 19.3 Å². The Bertz CT molecular complexity index is 716. The van der Waals surface area contributed by atoms with Crippen LogP contribution in [-0.4, -0.2) is 9.55 Å². The predicted octanol–water partition coefficient (Wildman–Crippen LogP) is 3.81. The lowest BCUT2D eigenvalue weighted by Crippen LogP contribution is -2.31. The van der Waals surface area contributed by atoms with Gasteiger partial charge in [0.15, 0.2) is 4.77 Å². The molecule has 0 unspecified atom stereocenters. The molecule has 1 saturated carbocycles. The van der Waals surface area contributed by atoms with Crippen molar-refractivity contribution in [3.8, 4) is 0 Å². The number of hydrogen-bond donors (Lipinski definition) is 1. The van der Waals surface area contributed by atoms with Gasteiger partial charge in [-0.1, -0.05) is 31.9 Å². The number of benzene rings is 1. The van der Waals surface area contributed by atoms with Crippen LogP contribution in [0.15, 0.2) is 29.1 Å². The molecule has 100 valence electrons. The smallest absolute Gasteiger partial charge is 0.262 e. The lowest BCUT2D eigenvalue weighted by molar-refractivity contribution is 0.249. The summed E-state index contributed by atoms with van der Waals surface area (Å²) >= 11 is 5.41. The van der Waals surface area contributed by atoms with Crippen molar-refractivity contribution in [1.82, 2.24) is 9.55 Å². The fourth-order valence-electron chi connectivity index (χ4n) is 3.16. The summed E-state index contributed by atoms with van der Waals surface area (Å²) in [6.45, 7) is 2.22. The molecule has 1 heterocycles. The van der Waals surface area contributed by atoms with Crippen molar-refractivity contribution in [2.45, 2.75) is 38.6 Å². The predicted molar refractivity (Wildman–Crippen MR) is 80.1 cm³/mol. The first-order valence-corrected chi connectivity index (χ1v) is 7.33. The highest BCUT2D eigenvalue weighted by molar-refractivity contribution is 7.71. The molecule has 2 atom stereocenters. The minimum atomic E-state index is 0.0538. The van der Waals surface area contributed by atoms with E-state index in [1.54, 1.807) is 0 Å². The van der Waals surface area contributed by atoms with Crippen molar-refractivity contribution in [2.24, 2.45) is 5.92 Å². The first-order valence-electron chi connectivity index (χ1n) is 6.92. The molecule has 0 spiro atoms. The van der Waals surface area contributed by atoms with E-state index in [0.717, 1.165) is 17.3 Å². The molecule has 0 aliphatic heterocycles. The second-order valence-electron chi connectivity index (χ2n) is 5.48. The van der Waals surface area contributed by atoms with Gasteiger partial charge in [0, 0.05) is 6.04 Å². The minimum Gasteiger partial charge on any atom is -0.332 e. The Morgan fingerprint density at radius 1 is 1.26 bits per heavy atom. The van der Waals surface area contributed by atoms with Crippen molar-refractivity contribution in [1.29, 1.82) is 0 Å². The first kappa shape index (κ1) is 12.6. The third kappa shape index (κ3) is 2.14.